The molecule has 0 radical (unpaired) electrons. The molecule has 0 atom stereocenters. The molecule has 2 aromatic heterocycles. The fourth-order valence-corrected chi connectivity index (χ4v) is 6.56. The van der Waals surface area contributed by atoms with Crippen LogP contribution in [-0.2, 0) is 24.2 Å². The molecule has 0 unspecified atom stereocenters. The molecule has 4 aromatic rings. The van der Waals surface area contributed by atoms with Crippen LogP contribution in [-0.4, -0.2) is 26.4 Å². The standard InChI is InChI=1S/C28H28N6OS2/c1-19-11-13-20(14-12-19)30-18-25-32-33-28(34(25)21-7-3-2-4-8-21)36-16-15-26(35)31-27-23(17-29)22-9-5-6-10-24(22)37-27/h2-4,7-8,11-14,30H,5-6,9-10,15-16,18H2,1H3,(H,31,35). The average Bonchev–Trinajstić information content (AvgIpc) is 3.49. The molecule has 5 rings (SSSR count). The fourth-order valence-electron chi connectivity index (χ4n) is 4.39. The lowest BCUT2D eigenvalue weighted by molar-refractivity contribution is -0.115. The van der Waals surface area contributed by atoms with Crippen molar-refractivity contribution in [3.05, 3.63) is 82.0 Å². The zero-order valence-electron chi connectivity index (χ0n) is 20.7. The highest BCUT2D eigenvalue weighted by Gasteiger charge is 2.22. The number of nitrogens with one attached hydrogen (secondary N) is 2. The van der Waals surface area contributed by atoms with Crippen molar-refractivity contribution in [1.29, 1.82) is 5.26 Å². The van der Waals surface area contributed by atoms with Gasteiger partial charge in [0, 0.05) is 28.4 Å². The number of carbonyl (C=O) groups is 1. The van der Waals surface area contributed by atoms with Crippen molar-refractivity contribution in [2.75, 3.05) is 16.4 Å². The van der Waals surface area contributed by atoms with Gasteiger partial charge in [0.05, 0.1) is 12.1 Å². The Kier molecular flexibility index (Phi) is 7.87. The number of fused-ring (bicyclic) bond motifs is 1. The lowest BCUT2D eigenvalue weighted by Crippen LogP contribution is -2.12. The van der Waals surface area contributed by atoms with E-state index in [9.17, 15) is 10.1 Å². The lowest BCUT2D eigenvalue weighted by Gasteiger charge is -2.11. The molecule has 37 heavy (non-hydrogen) atoms. The van der Waals surface area contributed by atoms with E-state index in [1.165, 1.54) is 22.2 Å². The maximum absolute atomic E-state index is 12.7. The van der Waals surface area contributed by atoms with Crippen molar-refractivity contribution >= 4 is 39.7 Å². The van der Waals surface area contributed by atoms with Crippen LogP contribution in [0.15, 0.2) is 59.8 Å². The number of nitrogens with zero attached hydrogens (tertiary/aromatic N) is 4. The molecule has 0 saturated heterocycles. The number of thiophene rings is 1. The predicted octanol–water partition coefficient (Wildman–Crippen LogP) is 6.12. The van der Waals surface area contributed by atoms with E-state index in [0.717, 1.165) is 53.6 Å². The Hall–Kier alpha value is -3.61. The van der Waals surface area contributed by atoms with Crippen LogP contribution in [0.4, 0.5) is 10.7 Å². The van der Waals surface area contributed by atoms with E-state index < -0.39 is 0 Å². The van der Waals surface area contributed by atoms with Crippen molar-refractivity contribution in [1.82, 2.24) is 14.8 Å². The SMILES string of the molecule is Cc1ccc(NCc2nnc(SCCC(=O)Nc3sc4c(c3C#N)CCCC4)n2-c2ccccc2)cc1. The molecule has 1 aliphatic carbocycles. The average molecular weight is 529 g/mol. The number of hydrogen-bond acceptors (Lipinski definition) is 7. The molecule has 0 saturated carbocycles. The highest BCUT2D eigenvalue weighted by Crippen LogP contribution is 2.37. The molecule has 9 heteroatoms. The largest absolute Gasteiger partial charge is 0.378 e. The Bertz CT molecular complexity index is 1420. The summed E-state index contributed by atoms with van der Waals surface area (Å²) in [5, 5.41) is 26.4. The monoisotopic (exact) mass is 528 g/mol. The third kappa shape index (κ3) is 5.87. The molecular weight excluding hydrogens is 500 g/mol. The molecule has 7 nitrogen and oxygen atoms in total. The van der Waals surface area contributed by atoms with Crippen molar-refractivity contribution in [2.45, 2.75) is 50.7 Å². The topological polar surface area (TPSA) is 95.6 Å². The zero-order valence-corrected chi connectivity index (χ0v) is 22.3. The van der Waals surface area contributed by atoms with Gasteiger partial charge in [-0.25, -0.2) is 0 Å². The number of aryl methyl sites for hydroxylation is 2. The summed E-state index contributed by atoms with van der Waals surface area (Å²) in [7, 11) is 0. The number of anilines is 2. The van der Waals surface area contributed by atoms with E-state index in [0.29, 0.717) is 29.3 Å². The van der Waals surface area contributed by atoms with Crippen LogP contribution >= 0.6 is 23.1 Å². The van der Waals surface area contributed by atoms with Gasteiger partial charge in [0.15, 0.2) is 11.0 Å². The third-order valence-electron chi connectivity index (χ3n) is 6.31. The Labute approximate surface area is 224 Å². The molecule has 2 N–H and O–H groups in total. The third-order valence-corrected chi connectivity index (χ3v) is 8.45. The number of aromatic nitrogens is 3. The first kappa shape index (κ1) is 25.1. The van der Waals surface area contributed by atoms with Crippen LogP contribution < -0.4 is 10.6 Å². The first-order valence-corrected chi connectivity index (χ1v) is 14.2. The number of amides is 1. The molecule has 1 aliphatic rings. The van der Waals surface area contributed by atoms with Crippen LogP contribution in [0.25, 0.3) is 5.69 Å². The van der Waals surface area contributed by atoms with Crippen LogP contribution in [0.2, 0.25) is 0 Å². The van der Waals surface area contributed by atoms with Gasteiger partial charge in [-0.15, -0.1) is 21.5 Å². The number of carbonyl (C=O) groups excluding carboxylic acids is 1. The summed E-state index contributed by atoms with van der Waals surface area (Å²) in [5.74, 6) is 1.26. The number of hydrogen-bond donors (Lipinski definition) is 2. The number of nitriles is 1. The van der Waals surface area contributed by atoms with Crippen LogP contribution in [0.5, 0.6) is 0 Å². The summed E-state index contributed by atoms with van der Waals surface area (Å²) < 4.78 is 2.03. The van der Waals surface area contributed by atoms with Crippen molar-refractivity contribution in [2.24, 2.45) is 0 Å². The molecule has 0 spiro atoms. The fraction of sp³-hybridized carbons (Fsp3) is 0.286. The van der Waals surface area contributed by atoms with Crippen LogP contribution in [0.1, 0.15) is 46.7 Å². The second kappa shape index (κ2) is 11.6. The van der Waals surface area contributed by atoms with Crippen molar-refractivity contribution in [3.63, 3.8) is 0 Å². The molecular formula is C28H28N6OS2. The Morgan fingerprint density at radius 1 is 1.11 bits per heavy atom. The van der Waals surface area contributed by atoms with Gasteiger partial charge >= 0.3 is 0 Å². The van der Waals surface area contributed by atoms with Gasteiger partial charge in [-0.3, -0.25) is 9.36 Å². The van der Waals surface area contributed by atoms with E-state index >= 15 is 0 Å². The normalized spacial score (nSPS) is 12.5. The maximum atomic E-state index is 12.7. The molecule has 0 aliphatic heterocycles. The molecule has 2 aromatic carbocycles. The van der Waals surface area contributed by atoms with E-state index in [4.69, 9.17) is 0 Å². The minimum Gasteiger partial charge on any atom is -0.378 e. The Balaban J connectivity index is 1.25. The van der Waals surface area contributed by atoms with Gasteiger partial charge in [-0.1, -0.05) is 47.7 Å². The first-order valence-electron chi connectivity index (χ1n) is 12.4. The predicted molar refractivity (Wildman–Crippen MR) is 150 cm³/mol. The molecule has 0 fully saturated rings. The molecule has 2 heterocycles. The zero-order chi connectivity index (χ0) is 25.6. The summed E-state index contributed by atoms with van der Waals surface area (Å²) in [6, 6.07) is 20.6. The van der Waals surface area contributed by atoms with Crippen LogP contribution in [0, 0.1) is 18.3 Å². The Morgan fingerprint density at radius 3 is 2.68 bits per heavy atom. The van der Waals surface area contributed by atoms with Crippen molar-refractivity contribution in [3.8, 4) is 11.8 Å². The molecule has 0 bridgehead atoms. The summed E-state index contributed by atoms with van der Waals surface area (Å²) in [6.07, 6.45) is 4.49. The van der Waals surface area contributed by atoms with Gasteiger partial charge < -0.3 is 10.6 Å². The minimum absolute atomic E-state index is 0.0883. The van der Waals surface area contributed by atoms with Gasteiger partial charge in [0.1, 0.15) is 11.1 Å². The number of rotatable bonds is 9. The van der Waals surface area contributed by atoms with E-state index in [-0.39, 0.29) is 5.91 Å². The maximum Gasteiger partial charge on any atom is 0.225 e. The number of para-hydroxylation sites is 1. The molecule has 188 valence electrons. The highest BCUT2D eigenvalue weighted by molar-refractivity contribution is 7.99. The Morgan fingerprint density at radius 2 is 1.89 bits per heavy atom. The van der Waals surface area contributed by atoms with Gasteiger partial charge in [0.2, 0.25) is 5.91 Å². The van der Waals surface area contributed by atoms with Crippen LogP contribution in [0.3, 0.4) is 0 Å². The second-order valence-electron chi connectivity index (χ2n) is 8.96. The summed E-state index contributed by atoms with van der Waals surface area (Å²) in [5.41, 5.74) is 4.98. The number of thioether (sulfide) groups is 1. The van der Waals surface area contributed by atoms with Gasteiger partial charge in [0.25, 0.3) is 0 Å². The smallest absolute Gasteiger partial charge is 0.225 e. The quantitative estimate of drug-likeness (QED) is 0.254. The lowest BCUT2D eigenvalue weighted by atomic mass is 9.96. The summed E-state index contributed by atoms with van der Waals surface area (Å²) in [4.78, 5) is 14.0. The van der Waals surface area contributed by atoms with E-state index in [1.54, 1.807) is 11.3 Å². The highest BCUT2D eigenvalue weighted by atomic mass is 32.2. The second-order valence-corrected chi connectivity index (χ2v) is 11.1. The first-order chi connectivity index (χ1) is 18.1. The summed E-state index contributed by atoms with van der Waals surface area (Å²) >= 11 is 3.06. The van der Waals surface area contributed by atoms with Gasteiger partial charge in [-0.05, 0) is 62.4 Å². The van der Waals surface area contributed by atoms with Gasteiger partial charge in [-0.2, -0.15) is 5.26 Å². The minimum atomic E-state index is -0.0883. The summed E-state index contributed by atoms with van der Waals surface area (Å²) in [6.45, 7) is 2.59. The van der Waals surface area contributed by atoms with E-state index in [1.807, 2.05) is 34.9 Å². The molecule has 1 amide bonds. The number of benzene rings is 2. The van der Waals surface area contributed by atoms with Crippen molar-refractivity contribution < 1.29 is 4.79 Å². The van der Waals surface area contributed by atoms with E-state index in [2.05, 4.69) is 58.1 Å².